The lowest BCUT2D eigenvalue weighted by Gasteiger charge is -2.37. The number of thiazole rings is 1. The Morgan fingerprint density at radius 1 is 1.06 bits per heavy atom. The molecule has 2 aromatic heterocycles. The van der Waals surface area contributed by atoms with Gasteiger partial charge in [0, 0.05) is 42.5 Å². The number of likely N-dealkylation sites (tertiary alicyclic amines) is 1. The lowest BCUT2D eigenvalue weighted by atomic mass is 9.82. The molecule has 0 radical (unpaired) electrons. The Morgan fingerprint density at radius 3 is 2.38 bits per heavy atom. The summed E-state index contributed by atoms with van der Waals surface area (Å²) in [5.74, 6) is 0.248. The van der Waals surface area contributed by atoms with Crippen molar-refractivity contribution in [1.29, 1.82) is 0 Å². The molecule has 7 heteroatoms. The van der Waals surface area contributed by atoms with Gasteiger partial charge in [-0.15, -0.1) is 11.3 Å². The van der Waals surface area contributed by atoms with Crippen LogP contribution in [0.25, 0.3) is 0 Å². The zero-order valence-corrected chi connectivity index (χ0v) is 19.5. The van der Waals surface area contributed by atoms with Crippen LogP contribution in [0, 0.1) is 6.92 Å². The third kappa shape index (κ3) is 4.72. The Morgan fingerprint density at radius 2 is 1.78 bits per heavy atom. The predicted octanol–water partition coefficient (Wildman–Crippen LogP) is 4.78. The molecular formula is C25H28N4O2S. The summed E-state index contributed by atoms with van der Waals surface area (Å²) in [5.41, 5.74) is 3.17. The molecule has 3 aromatic rings. The van der Waals surface area contributed by atoms with Crippen LogP contribution in [-0.4, -0.2) is 39.8 Å². The quantitative estimate of drug-likeness (QED) is 0.609. The van der Waals surface area contributed by atoms with Gasteiger partial charge in [0.05, 0.1) is 11.0 Å². The van der Waals surface area contributed by atoms with Crippen molar-refractivity contribution in [3.63, 3.8) is 0 Å². The monoisotopic (exact) mass is 448 g/mol. The maximum absolute atomic E-state index is 13.3. The number of rotatable bonds is 5. The lowest BCUT2D eigenvalue weighted by Crippen LogP contribution is -2.46. The molecule has 0 atom stereocenters. The van der Waals surface area contributed by atoms with E-state index < -0.39 is 5.41 Å². The summed E-state index contributed by atoms with van der Waals surface area (Å²) in [6.45, 7) is 7.49. The SMILES string of the molecule is Cc1ccc(C(C)(C)C(=O)N2CCC(c3ccc(C(=O)Nc4nccs4)cn3)CC2)cc1. The molecule has 1 aliphatic heterocycles. The average Bonchev–Trinajstić information content (AvgIpc) is 3.32. The van der Waals surface area contributed by atoms with E-state index in [9.17, 15) is 9.59 Å². The molecule has 1 aromatic carbocycles. The van der Waals surface area contributed by atoms with Crippen molar-refractivity contribution in [3.8, 4) is 0 Å². The first-order valence-electron chi connectivity index (χ1n) is 10.9. The summed E-state index contributed by atoms with van der Waals surface area (Å²) in [5, 5.41) is 5.16. The molecule has 166 valence electrons. The van der Waals surface area contributed by atoms with E-state index in [1.807, 2.05) is 36.3 Å². The number of carbonyl (C=O) groups excluding carboxylic acids is 2. The van der Waals surface area contributed by atoms with Gasteiger partial charge in [0.15, 0.2) is 5.13 Å². The number of pyridine rings is 1. The number of nitrogens with zero attached hydrogens (tertiary/aromatic N) is 3. The van der Waals surface area contributed by atoms with Crippen molar-refractivity contribution >= 4 is 28.3 Å². The van der Waals surface area contributed by atoms with Crippen molar-refractivity contribution in [3.05, 3.63) is 76.6 Å². The summed E-state index contributed by atoms with van der Waals surface area (Å²) in [4.78, 5) is 36.2. The second-order valence-corrected chi connectivity index (χ2v) is 9.72. The number of anilines is 1. The van der Waals surface area contributed by atoms with Crippen LogP contribution in [0.5, 0.6) is 0 Å². The zero-order chi connectivity index (χ0) is 22.7. The van der Waals surface area contributed by atoms with Crippen molar-refractivity contribution in [2.75, 3.05) is 18.4 Å². The number of benzene rings is 1. The summed E-state index contributed by atoms with van der Waals surface area (Å²) >= 11 is 1.38. The predicted molar refractivity (Wildman–Crippen MR) is 127 cm³/mol. The molecule has 6 nitrogen and oxygen atoms in total. The maximum Gasteiger partial charge on any atom is 0.259 e. The van der Waals surface area contributed by atoms with E-state index in [0.29, 0.717) is 23.8 Å². The summed E-state index contributed by atoms with van der Waals surface area (Å²) in [7, 11) is 0. The van der Waals surface area contributed by atoms with Crippen LogP contribution >= 0.6 is 11.3 Å². The molecule has 1 N–H and O–H groups in total. The highest BCUT2D eigenvalue weighted by Gasteiger charge is 2.35. The molecule has 32 heavy (non-hydrogen) atoms. The largest absolute Gasteiger partial charge is 0.342 e. The fraction of sp³-hybridized carbons (Fsp3) is 0.360. The van der Waals surface area contributed by atoms with Crippen LogP contribution in [0.4, 0.5) is 5.13 Å². The highest BCUT2D eigenvalue weighted by Crippen LogP contribution is 2.31. The first kappa shape index (κ1) is 22.1. The van der Waals surface area contributed by atoms with Crippen molar-refractivity contribution in [2.45, 2.75) is 44.9 Å². The first-order chi connectivity index (χ1) is 15.3. The number of hydrogen-bond acceptors (Lipinski definition) is 5. The second kappa shape index (κ2) is 9.20. The van der Waals surface area contributed by atoms with Gasteiger partial charge >= 0.3 is 0 Å². The molecule has 1 saturated heterocycles. The number of nitrogens with one attached hydrogen (secondary N) is 1. The fourth-order valence-electron chi connectivity index (χ4n) is 4.10. The lowest BCUT2D eigenvalue weighted by molar-refractivity contribution is -0.137. The first-order valence-corrected chi connectivity index (χ1v) is 11.8. The summed E-state index contributed by atoms with van der Waals surface area (Å²) < 4.78 is 0. The Bertz CT molecular complexity index is 1070. The van der Waals surface area contributed by atoms with E-state index >= 15 is 0 Å². The smallest absolute Gasteiger partial charge is 0.259 e. The van der Waals surface area contributed by atoms with E-state index in [2.05, 4.69) is 46.5 Å². The number of aryl methyl sites for hydroxylation is 1. The van der Waals surface area contributed by atoms with Crippen LogP contribution in [-0.2, 0) is 10.2 Å². The van der Waals surface area contributed by atoms with Gasteiger partial charge in [-0.25, -0.2) is 4.98 Å². The van der Waals surface area contributed by atoms with Gasteiger partial charge in [-0.05, 0) is 51.3 Å². The van der Waals surface area contributed by atoms with Gasteiger partial charge < -0.3 is 4.90 Å². The molecule has 3 heterocycles. The van der Waals surface area contributed by atoms with Crippen LogP contribution < -0.4 is 5.32 Å². The minimum absolute atomic E-state index is 0.168. The molecule has 0 unspecified atom stereocenters. The van der Waals surface area contributed by atoms with Gasteiger partial charge in [0.25, 0.3) is 5.91 Å². The van der Waals surface area contributed by atoms with E-state index in [1.165, 1.54) is 16.9 Å². The Balaban J connectivity index is 1.35. The third-order valence-corrected chi connectivity index (χ3v) is 6.90. The highest BCUT2D eigenvalue weighted by molar-refractivity contribution is 7.13. The van der Waals surface area contributed by atoms with Crippen molar-refractivity contribution in [2.24, 2.45) is 0 Å². The third-order valence-electron chi connectivity index (χ3n) is 6.21. The molecule has 1 fully saturated rings. The van der Waals surface area contributed by atoms with E-state index in [0.717, 1.165) is 24.1 Å². The standard InChI is InChI=1S/C25H28N4O2S/c1-17-4-7-20(8-5-17)25(2,3)23(31)29-13-10-18(11-14-29)21-9-6-19(16-27-21)22(30)28-24-26-12-15-32-24/h4-9,12,15-16,18H,10-11,13-14H2,1-3H3,(H,26,28,30). The number of amides is 2. The number of hydrogen-bond donors (Lipinski definition) is 1. The van der Waals surface area contributed by atoms with Crippen molar-refractivity contribution < 1.29 is 9.59 Å². The number of aromatic nitrogens is 2. The summed E-state index contributed by atoms with van der Waals surface area (Å²) in [6, 6.07) is 12.0. The molecule has 0 bridgehead atoms. The van der Waals surface area contributed by atoms with Gasteiger partial charge in [0.2, 0.25) is 5.91 Å². The minimum atomic E-state index is -0.550. The van der Waals surface area contributed by atoms with Crippen LogP contribution in [0.3, 0.4) is 0 Å². The highest BCUT2D eigenvalue weighted by atomic mass is 32.1. The van der Waals surface area contributed by atoms with Crippen molar-refractivity contribution in [1.82, 2.24) is 14.9 Å². The van der Waals surface area contributed by atoms with E-state index in [4.69, 9.17) is 0 Å². The van der Waals surface area contributed by atoms with Crippen LogP contribution in [0.15, 0.2) is 54.2 Å². The van der Waals surface area contributed by atoms with Gasteiger partial charge in [-0.1, -0.05) is 29.8 Å². The van der Waals surface area contributed by atoms with Gasteiger partial charge in [-0.3, -0.25) is 19.9 Å². The topological polar surface area (TPSA) is 75.2 Å². The average molecular weight is 449 g/mol. The van der Waals surface area contributed by atoms with Gasteiger partial charge in [-0.2, -0.15) is 0 Å². The maximum atomic E-state index is 13.3. The molecule has 0 spiro atoms. The molecular weight excluding hydrogens is 420 g/mol. The second-order valence-electron chi connectivity index (χ2n) is 8.82. The molecule has 2 amide bonds. The Hall–Kier alpha value is -3.06. The zero-order valence-electron chi connectivity index (χ0n) is 18.7. The van der Waals surface area contributed by atoms with Crippen LogP contribution in [0.1, 0.15) is 59.8 Å². The Labute approximate surface area is 192 Å². The van der Waals surface area contributed by atoms with E-state index in [-0.39, 0.29) is 17.7 Å². The minimum Gasteiger partial charge on any atom is -0.342 e. The molecule has 0 aliphatic carbocycles. The van der Waals surface area contributed by atoms with E-state index in [1.54, 1.807) is 12.4 Å². The number of piperidine rings is 1. The molecule has 4 rings (SSSR count). The molecule has 1 aliphatic rings. The number of carbonyl (C=O) groups is 2. The fourth-order valence-corrected chi connectivity index (χ4v) is 4.63. The normalized spacial score (nSPS) is 14.9. The summed E-state index contributed by atoms with van der Waals surface area (Å²) in [6.07, 6.45) is 5.01. The molecule has 0 saturated carbocycles. The van der Waals surface area contributed by atoms with Crippen LogP contribution in [0.2, 0.25) is 0 Å². The Kier molecular flexibility index (Phi) is 6.37. The van der Waals surface area contributed by atoms with Gasteiger partial charge in [0.1, 0.15) is 0 Å².